The van der Waals surface area contributed by atoms with Crippen molar-refractivity contribution in [2.24, 2.45) is 5.92 Å². The molecule has 0 bridgehead atoms. The zero-order valence-corrected chi connectivity index (χ0v) is 11.2. The maximum Gasteiger partial charge on any atom is 0.334 e. The van der Waals surface area contributed by atoms with E-state index in [-0.39, 0.29) is 24.4 Å². The minimum absolute atomic E-state index is 0.00403. The summed E-state index contributed by atoms with van der Waals surface area (Å²) in [7, 11) is 0. The van der Waals surface area contributed by atoms with Crippen LogP contribution in [0.25, 0.3) is 0 Å². The first-order chi connectivity index (χ1) is 8.91. The second-order valence-corrected chi connectivity index (χ2v) is 5.23. The van der Waals surface area contributed by atoms with Gasteiger partial charge in [-0.3, -0.25) is 4.79 Å². The third kappa shape index (κ3) is 2.48. The first kappa shape index (κ1) is 13.6. The van der Waals surface area contributed by atoms with Crippen LogP contribution >= 0.6 is 0 Å². The van der Waals surface area contributed by atoms with E-state index in [1.807, 2.05) is 13.8 Å². The van der Waals surface area contributed by atoms with Gasteiger partial charge in [-0.05, 0) is 37.8 Å². The SMILES string of the molecule is C=C1C(=O)O[C@@H]2/C(=C/CC(=O)O)C(=C(C)C)CC[C@@H]12. The van der Waals surface area contributed by atoms with E-state index in [0.717, 1.165) is 29.6 Å². The molecule has 4 nitrogen and oxygen atoms in total. The number of fused-ring (bicyclic) bond motifs is 1. The predicted molar refractivity (Wildman–Crippen MR) is 70.5 cm³/mol. The van der Waals surface area contributed by atoms with Crippen molar-refractivity contribution in [2.45, 2.75) is 39.2 Å². The van der Waals surface area contributed by atoms with Gasteiger partial charge in [-0.15, -0.1) is 0 Å². The molecule has 2 fully saturated rings. The molecule has 1 heterocycles. The van der Waals surface area contributed by atoms with E-state index >= 15 is 0 Å². The summed E-state index contributed by atoms with van der Waals surface area (Å²) in [6.45, 7) is 7.78. The van der Waals surface area contributed by atoms with Crippen LogP contribution in [0, 0.1) is 5.92 Å². The number of ether oxygens (including phenoxy) is 1. The number of aliphatic carboxylic acids is 1. The molecule has 0 aromatic rings. The molecule has 1 aliphatic heterocycles. The molecule has 0 spiro atoms. The zero-order valence-electron chi connectivity index (χ0n) is 11.2. The first-order valence-electron chi connectivity index (χ1n) is 6.40. The lowest BCUT2D eigenvalue weighted by atomic mass is 9.76. The molecule has 1 saturated carbocycles. The Morgan fingerprint density at radius 1 is 1.53 bits per heavy atom. The van der Waals surface area contributed by atoms with Crippen molar-refractivity contribution in [1.82, 2.24) is 0 Å². The number of hydrogen-bond acceptors (Lipinski definition) is 3. The van der Waals surface area contributed by atoms with Crippen molar-refractivity contribution in [1.29, 1.82) is 0 Å². The van der Waals surface area contributed by atoms with E-state index in [9.17, 15) is 9.59 Å². The molecule has 2 rings (SSSR count). The van der Waals surface area contributed by atoms with Crippen LogP contribution < -0.4 is 0 Å². The zero-order chi connectivity index (χ0) is 14.2. The highest BCUT2D eigenvalue weighted by Gasteiger charge is 2.44. The van der Waals surface area contributed by atoms with Gasteiger partial charge in [0.1, 0.15) is 6.10 Å². The Labute approximate surface area is 112 Å². The van der Waals surface area contributed by atoms with Gasteiger partial charge < -0.3 is 9.84 Å². The van der Waals surface area contributed by atoms with Crippen molar-refractivity contribution >= 4 is 11.9 Å². The van der Waals surface area contributed by atoms with Crippen LogP contribution in [0.3, 0.4) is 0 Å². The van der Waals surface area contributed by atoms with Crippen LogP contribution in [-0.2, 0) is 14.3 Å². The van der Waals surface area contributed by atoms with Crippen LogP contribution in [-0.4, -0.2) is 23.1 Å². The minimum atomic E-state index is -0.883. The van der Waals surface area contributed by atoms with Crippen LogP contribution in [0.4, 0.5) is 0 Å². The van der Waals surface area contributed by atoms with Crippen LogP contribution in [0.15, 0.2) is 34.9 Å². The smallest absolute Gasteiger partial charge is 0.334 e. The second kappa shape index (κ2) is 5.03. The van der Waals surface area contributed by atoms with E-state index in [0.29, 0.717) is 5.57 Å². The normalized spacial score (nSPS) is 28.3. The number of carboxylic acids is 1. The highest BCUT2D eigenvalue weighted by Crippen LogP contribution is 2.44. The van der Waals surface area contributed by atoms with Gasteiger partial charge in [0.25, 0.3) is 0 Å². The Bertz CT molecular complexity index is 506. The average Bonchev–Trinajstić information content (AvgIpc) is 2.62. The fraction of sp³-hybridized carbons (Fsp3) is 0.467. The molecular weight excluding hydrogens is 244 g/mol. The molecule has 2 atom stereocenters. The molecule has 1 N–H and O–H groups in total. The van der Waals surface area contributed by atoms with Crippen molar-refractivity contribution < 1.29 is 19.4 Å². The molecule has 102 valence electrons. The summed E-state index contributed by atoms with van der Waals surface area (Å²) in [5, 5.41) is 8.83. The van der Waals surface area contributed by atoms with E-state index < -0.39 is 5.97 Å². The number of rotatable bonds is 2. The Hall–Kier alpha value is -1.84. The first-order valence-corrected chi connectivity index (χ1v) is 6.40. The number of carbonyl (C=O) groups is 2. The van der Waals surface area contributed by atoms with Crippen LogP contribution in [0.1, 0.15) is 33.1 Å². The molecule has 0 unspecified atom stereocenters. The van der Waals surface area contributed by atoms with Gasteiger partial charge in [0, 0.05) is 11.5 Å². The molecule has 4 heteroatoms. The Kier molecular flexibility index (Phi) is 3.60. The summed E-state index contributed by atoms with van der Waals surface area (Å²) in [6, 6.07) is 0. The van der Waals surface area contributed by atoms with Crippen molar-refractivity contribution in [3.05, 3.63) is 34.9 Å². The summed E-state index contributed by atoms with van der Waals surface area (Å²) in [5.74, 6) is -1.24. The summed E-state index contributed by atoms with van der Waals surface area (Å²) < 4.78 is 5.37. The Morgan fingerprint density at radius 2 is 2.21 bits per heavy atom. The number of carbonyl (C=O) groups excluding carboxylic acids is 1. The van der Waals surface area contributed by atoms with Crippen molar-refractivity contribution in [3.63, 3.8) is 0 Å². The van der Waals surface area contributed by atoms with Gasteiger partial charge in [-0.1, -0.05) is 18.2 Å². The van der Waals surface area contributed by atoms with Gasteiger partial charge in [-0.2, -0.15) is 0 Å². The molecule has 0 aromatic heterocycles. The number of allylic oxidation sites excluding steroid dienone is 1. The average molecular weight is 262 g/mol. The van der Waals surface area contributed by atoms with E-state index in [4.69, 9.17) is 9.84 Å². The van der Waals surface area contributed by atoms with Crippen LogP contribution in [0.5, 0.6) is 0 Å². The number of carboxylic acid groups (broad SMARTS) is 1. The van der Waals surface area contributed by atoms with Gasteiger partial charge in [-0.25, -0.2) is 4.79 Å². The molecule has 0 aromatic carbocycles. The lowest BCUT2D eigenvalue weighted by Crippen LogP contribution is -2.26. The summed E-state index contributed by atoms with van der Waals surface area (Å²) in [5.41, 5.74) is 3.62. The molecule has 0 amide bonds. The summed E-state index contributed by atoms with van der Waals surface area (Å²) in [6.07, 6.45) is 2.94. The quantitative estimate of drug-likeness (QED) is 0.613. The summed E-state index contributed by atoms with van der Waals surface area (Å²) in [4.78, 5) is 22.4. The highest BCUT2D eigenvalue weighted by atomic mass is 16.6. The lowest BCUT2D eigenvalue weighted by Gasteiger charge is -2.29. The van der Waals surface area contributed by atoms with Gasteiger partial charge in [0.2, 0.25) is 0 Å². The van der Waals surface area contributed by atoms with Gasteiger partial charge >= 0.3 is 11.9 Å². The maximum absolute atomic E-state index is 11.6. The molecule has 1 aliphatic carbocycles. The number of esters is 1. The van der Waals surface area contributed by atoms with E-state index in [1.54, 1.807) is 6.08 Å². The van der Waals surface area contributed by atoms with E-state index in [1.165, 1.54) is 0 Å². The molecular formula is C15H18O4. The largest absolute Gasteiger partial charge is 0.481 e. The van der Waals surface area contributed by atoms with Crippen LogP contribution in [0.2, 0.25) is 0 Å². The molecule has 2 aliphatic rings. The summed E-state index contributed by atoms with van der Waals surface area (Å²) >= 11 is 0. The predicted octanol–water partition coefficient (Wildman–Crippen LogP) is 2.62. The van der Waals surface area contributed by atoms with E-state index in [2.05, 4.69) is 6.58 Å². The third-order valence-electron chi connectivity index (χ3n) is 3.77. The second-order valence-electron chi connectivity index (χ2n) is 5.23. The monoisotopic (exact) mass is 262 g/mol. The fourth-order valence-electron chi connectivity index (χ4n) is 2.80. The third-order valence-corrected chi connectivity index (χ3v) is 3.77. The highest BCUT2D eigenvalue weighted by molar-refractivity contribution is 5.91. The van der Waals surface area contributed by atoms with Crippen molar-refractivity contribution in [3.8, 4) is 0 Å². The van der Waals surface area contributed by atoms with Crippen molar-refractivity contribution in [2.75, 3.05) is 0 Å². The topological polar surface area (TPSA) is 63.6 Å². The van der Waals surface area contributed by atoms with Gasteiger partial charge in [0.15, 0.2) is 0 Å². The molecule has 1 saturated heterocycles. The minimum Gasteiger partial charge on any atom is -0.481 e. The molecule has 19 heavy (non-hydrogen) atoms. The lowest BCUT2D eigenvalue weighted by molar-refractivity contribution is -0.138. The fourth-order valence-corrected chi connectivity index (χ4v) is 2.80. The maximum atomic E-state index is 11.6. The number of hydrogen-bond donors (Lipinski definition) is 1. The Morgan fingerprint density at radius 3 is 2.79 bits per heavy atom. The standard InChI is InChI=1S/C15H18O4/c1-8(2)10-4-5-11-9(3)15(18)19-14(11)12(10)6-7-13(16)17/h6,11,14H,3-5,7H2,1-2H3,(H,16,17)/b12-6+/t11-,14-/m0/s1. The molecule has 0 radical (unpaired) electrons. The van der Waals surface area contributed by atoms with Gasteiger partial charge in [0.05, 0.1) is 6.42 Å². The Balaban J connectivity index is 2.39.